The standard InChI is InChI=1S/C25H17N5/c1-2-16(15-26-11-1)25-23-9-7-21(29-23)13-19-5-3-17(27-19)12-18-4-6-20(28-18)14-22-8-10-24(25)30-22/h1-15,27,30H. The van der Waals surface area contributed by atoms with E-state index in [9.17, 15) is 0 Å². The zero-order chi connectivity index (χ0) is 19.9. The average Bonchev–Trinajstić information content (AvgIpc) is 3.54. The maximum atomic E-state index is 4.88. The van der Waals surface area contributed by atoms with E-state index in [2.05, 4.69) is 51.4 Å². The number of aromatic amines is 2. The molecule has 2 aliphatic rings. The van der Waals surface area contributed by atoms with Crippen LogP contribution in [0.4, 0.5) is 0 Å². The number of aromatic nitrogens is 5. The predicted octanol–water partition coefficient (Wildman–Crippen LogP) is 5.72. The number of fused-ring (bicyclic) bond motifs is 8. The van der Waals surface area contributed by atoms with Gasteiger partial charge in [0.2, 0.25) is 0 Å². The third-order valence-electron chi connectivity index (χ3n) is 5.17. The lowest BCUT2D eigenvalue weighted by Gasteiger charge is -2.02. The fourth-order valence-corrected chi connectivity index (χ4v) is 3.82. The van der Waals surface area contributed by atoms with Crippen LogP contribution < -0.4 is 0 Å². The van der Waals surface area contributed by atoms with Crippen LogP contribution in [0.25, 0.3) is 57.5 Å². The highest BCUT2D eigenvalue weighted by molar-refractivity contribution is 5.90. The van der Waals surface area contributed by atoms with E-state index in [1.165, 1.54) is 0 Å². The second-order valence-electron chi connectivity index (χ2n) is 7.30. The van der Waals surface area contributed by atoms with Crippen molar-refractivity contribution in [2.75, 3.05) is 0 Å². The largest absolute Gasteiger partial charge is 0.355 e. The zero-order valence-corrected chi connectivity index (χ0v) is 16.0. The predicted molar refractivity (Wildman–Crippen MR) is 122 cm³/mol. The Labute approximate surface area is 172 Å². The summed E-state index contributed by atoms with van der Waals surface area (Å²) in [5, 5.41) is 0. The van der Waals surface area contributed by atoms with Gasteiger partial charge in [-0.15, -0.1) is 0 Å². The third-order valence-corrected chi connectivity index (χ3v) is 5.17. The minimum absolute atomic E-state index is 0.902. The van der Waals surface area contributed by atoms with Gasteiger partial charge < -0.3 is 9.97 Å². The van der Waals surface area contributed by atoms with Crippen LogP contribution in [-0.4, -0.2) is 24.9 Å². The van der Waals surface area contributed by atoms with Crippen molar-refractivity contribution in [3.63, 3.8) is 0 Å². The highest BCUT2D eigenvalue weighted by atomic mass is 14.8. The Morgan fingerprint density at radius 3 is 2.03 bits per heavy atom. The molecule has 0 saturated heterocycles. The number of H-pyrrole nitrogens is 2. The molecule has 4 aromatic heterocycles. The van der Waals surface area contributed by atoms with E-state index in [-0.39, 0.29) is 0 Å². The Hall–Kier alpha value is -4.25. The van der Waals surface area contributed by atoms with Gasteiger partial charge in [-0.3, -0.25) is 4.98 Å². The first kappa shape index (κ1) is 16.7. The lowest BCUT2D eigenvalue weighted by atomic mass is 10.1. The van der Waals surface area contributed by atoms with Crippen LogP contribution >= 0.6 is 0 Å². The van der Waals surface area contributed by atoms with Crippen molar-refractivity contribution in [1.82, 2.24) is 24.9 Å². The monoisotopic (exact) mass is 387 g/mol. The molecule has 6 rings (SSSR count). The van der Waals surface area contributed by atoms with E-state index in [1.807, 2.05) is 48.7 Å². The highest BCUT2D eigenvalue weighted by Gasteiger charge is 2.10. The van der Waals surface area contributed by atoms with Gasteiger partial charge >= 0.3 is 0 Å². The second-order valence-corrected chi connectivity index (χ2v) is 7.30. The van der Waals surface area contributed by atoms with Crippen molar-refractivity contribution >= 4 is 46.4 Å². The fraction of sp³-hybridized carbons (Fsp3) is 0. The summed E-state index contributed by atoms with van der Waals surface area (Å²) in [4.78, 5) is 20.8. The number of pyridine rings is 1. The van der Waals surface area contributed by atoms with E-state index in [1.54, 1.807) is 6.20 Å². The molecule has 2 aliphatic heterocycles. The van der Waals surface area contributed by atoms with E-state index in [0.717, 1.165) is 56.0 Å². The molecule has 4 aromatic rings. The van der Waals surface area contributed by atoms with Gasteiger partial charge in [0.05, 0.1) is 22.8 Å². The summed E-state index contributed by atoms with van der Waals surface area (Å²) >= 11 is 0. The first-order valence-corrected chi connectivity index (χ1v) is 9.78. The maximum Gasteiger partial charge on any atom is 0.0737 e. The summed E-state index contributed by atoms with van der Waals surface area (Å²) in [5.74, 6) is 0. The van der Waals surface area contributed by atoms with E-state index >= 15 is 0 Å². The Kier molecular flexibility index (Phi) is 3.71. The van der Waals surface area contributed by atoms with Crippen LogP contribution in [0, 0.1) is 0 Å². The lowest BCUT2D eigenvalue weighted by Crippen LogP contribution is -1.86. The molecule has 0 amide bonds. The van der Waals surface area contributed by atoms with E-state index in [0.29, 0.717) is 0 Å². The molecule has 2 N–H and O–H groups in total. The van der Waals surface area contributed by atoms with Gasteiger partial charge in [0.15, 0.2) is 0 Å². The molecular formula is C25H17N5. The number of hydrogen-bond donors (Lipinski definition) is 2. The molecule has 0 aromatic carbocycles. The molecule has 0 aliphatic carbocycles. The zero-order valence-electron chi connectivity index (χ0n) is 16.0. The van der Waals surface area contributed by atoms with Crippen molar-refractivity contribution in [3.05, 3.63) is 89.8 Å². The molecule has 5 nitrogen and oxygen atoms in total. The van der Waals surface area contributed by atoms with Crippen molar-refractivity contribution in [1.29, 1.82) is 0 Å². The third kappa shape index (κ3) is 3.02. The minimum atomic E-state index is 0.902. The van der Waals surface area contributed by atoms with Gasteiger partial charge in [0.1, 0.15) is 0 Å². The molecule has 30 heavy (non-hydrogen) atoms. The van der Waals surface area contributed by atoms with Crippen molar-refractivity contribution in [2.45, 2.75) is 0 Å². The van der Waals surface area contributed by atoms with Crippen molar-refractivity contribution < 1.29 is 0 Å². The number of rotatable bonds is 1. The summed E-state index contributed by atoms with van der Waals surface area (Å²) in [6.07, 6.45) is 11.8. The average molecular weight is 387 g/mol. The summed E-state index contributed by atoms with van der Waals surface area (Å²) in [5.41, 5.74) is 9.67. The Bertz CT molecular complexity index is 1490. The Balaban J connectivity index is 1.73. The quantitative estimate of drug-likeness (QED) is 0.379. The van der Waals surface area contributed by atoms with Gasteiger partial charge in [-0.25, -0.2) is 9.97 Å². The molecule has 142 valence electrons. The number of nitrogens with zero attached hydrogens (tertiary/aromatic N) is 3. The topological polar surface area (TPSA) is 70.2 Å². The molecular weight excluding hydrogens is 370 g/mol. The molecule has 6 heterocycles. The van der Waals surface area contributed by atoms with Crippen LogP contribution in [-0.2, 0) is 0 Å². The molecule has 0 saturated carbocycles. The normalized spacial score (nSPS) is 12.4. The van der Waals surface area contributed by atoms with Gasteiger partial charge in [0, 0.05) is 45.6 Å². The summed E-state index contributed by atoms with van der Waals surface area (Å²) < 4.78 is 0. The molecule has 0 fully saturated rings. The summed E-state index contributed by atoms with van der Waals surface area (Å²) in [6, 6.07) is 18.4. The smallest absolute Gasteiger partial charge is 0.0737 e. The first-order chi connectivity index (χ1) is 14.8. The highest BCUT2D eigenvalue weighted by Crippen LogP contribution is 2.29. The number of nitrogens with one attached hydrogen (secondary N) is 2. The van der Waals surface area contributed by atoms with Gasteiger partial charge in [-0.1, -0.05) is 6.07 Å². The molecule has 0 spiro atoms. The van der Waals surface area contributed by atoms with E-state index < -0.39 is 0 Å². The van der Waals surface area contributed by atoms with Crippen LogP contribution in [0.3, 0.4) is 0 Å². The maximum absolute atomic E-state index is 4.88. The second kappa shape index (κ2) is 6.67. The Morgan fingerprint density at radius 1 is 0.633 bits per heavy atom. The fourth-order valence-electron chi connectivity index (χ4n) is 3.82. The van der Waals surface area contributed by atoms with Gasteiger partial charge in [-0.2, -0.15) is 0 Å². The van der Waals surface area contributed by atoms with Crippen LogP contribution in [0.5, 0.6) is 0 Å². The Morgan fingerprint density at radius 2 is 1.30 bits per heavy atom. The molecule has 5 heteroatoms. The lowest BCUT2D eigenvalue weighted by molar-refractivity contribution is 1.29. The van der Waals surface area contributed by atoms with Gasteiger partial charge in [-0.05, 0) is 72.8 Å². The summed E-state index contributed by atoms with van der Waals surface area (Å²) in [6.45, 7) is 0. The van der Waals surface area contributed by atoms with Gasteiger partial charge in [0.25, 0.3) is 0 Å². The summed E-state index contributed by atoms with van der Waals surface area (Å²) in [7, 11) is 0. The van der Waals surface area contributed by atoms with Crippen molar-refractivity contribution in [3.8, 4) is 11.1 Å². The van der Waals surface area contributed by atoms with E-state index in [4.69, 9.17) is 9.97 Å². The minimum Gasteiger partial charge on any atom is -0.355 e. The van der Waals surface area contributed by atoms with Crippen LogP contribution in [0.1, 0.15) is 22.8 Å². The van der Waals surface area contributed by atoms with Crippen molar-refractivity contribution in [2.24, 2.45) is 0 Å². The molecule has 0 radical (unpaired) electrons. The number of hydrogen-bond acceptors (Lipinski definition) is 3. The molecule has 8 bridgehead atoms. The SMILES string of the molecule is C1=Cc2cc3ccc([nH]3)c(-c3cccnc3)c3nc(cc4ccc(cc1n2)[nH]4)C=C3. The van der Waals surface area contributed by atoms with Crippen LogP contribution in [0.2, 0.25) is 0 Å². The molecule has 0 atom stereocenters. The first-order valence-electron chi connectivity index (χ1n) is 9.78. The van der Waals surface area contributed by atoms with Crippen LogP contribution in [0.15, 0.2) is 67.0 Å². The molecule has 0 unspecified atom stereocenters.